The van der Waals surface area contributed by atoms with Crippen molar-refractivity contribution in [2.75, 3.05) is 0 Å². The highest BCUT2D eigenvalue weighted by atomic mass is 35.5. The smallest absolute Gasteiger partial charge is 0.0456 e. The van der Waals surface area contributed by atoms with Crippen molar-refractivity contribution in [2.24, 2.45) is 5.73 Å². The van der Waals surface area contributed by atoms with Gasteiger partial charge >= 0.3 is 0 Å². The summed E-state index contributed by atoms with van der Waals surface area (Å²) >= 11 is 5.88. The van der Waals surface area contributed by atoms with E-state index in [0.29, 0.717) is 0 Å². The largest absolute Gasteiger partial charge is 0.324 e. The molecular weight excluding hydrogens is 146 g/mol. The molecule has 0 radical (unpaired) electrons. The molecule has 52 valence electrons. The van der Waals surface area contributed by atoms with Gasteiger partial charge in [-0.3, -0.25) is 0 Å². The molecule has 2 N–H and O–H groups in total. The molecule has 0 bridgehead atoms. The maximum atomic E-state index is 5.88. The van der Waals surface area contributed by atoms with Crippen molar-refractivity contribution < 1.29 is 0 Å². The molecule has 1 nitrogen and oxygen atoms in total. The lowest BCUT2D eigenvalue weighted by atomic mass is 9.84. The van der Waals surface area contributed by atoms with Crippen LogP contribution in [0.15, 0.2) is 18.2 Å². The number of halogens is 1. The van der Waals surface area contributed by atoms with E-state index in [2.05, 4.69) is 6.07 Å². The summed E-state index contributed by atoms with van der Waals surface area (Å²) in [6, 6.07) is 6.11. The zero-order chi connectivity index (χ0) is 7.14. The summed E-state index contributed by atoms with van der Waals surface area (Å²) in [7, 11) is 0. The lowest BCUT2D eigenvalue weighted by Gasteiger charge is -2.27. The second kappa shape index (κ2) is 1.97. The molecule has 1 unspecified atom stereocenters. The number of hydrogen-bond donors (Lipinski definition) is 1. The quantitative estimate of drug-likeness (QED) is 0.606. The van der Waals surface area contributed by atoms with E-state index in [0.717, 1.165) is 17.0 Å². The van der Waals surface area contributed by atoms with E-state index in [9.17, 15) is 0 Å². The maximum absolute atomic E-state index is 5.88. The van der Waals surface area contributed by atoms with Crippen LogP contribution in [0.5, 0.6) is 0 Å². The van der Waals surface area contributed by atoms with Crippen LogP contribution in [0.25, 0.3) is 0 Å². The third-order valence-electron chi connectivity index (χ3n) is 1.95. The number of benzene rings is 1. The van der Waals surface area contributed by atoms with Crippen molar-refractivity contribution in [2.45, 2.75) is 12.5 Å². The molecule has 0 saturated carbocycles. The van der Waals surface area contributed by atoms with Crippen LogP contribution in [0.3, 0.4) is 0 Å². The fourth-order valence-corrected chi connectivity index (χ4v) is 1.72. The van der Waals surface area contributed by atoms with Crippen molar-refractivity contribution >= 4 is 11.6 Å². The summed E-state index contributed by atoms with van der Waals surface area (Å²) in [5, 5.41) is 0.816. The van der Waals surface area contributed by atoms with Gasteiger partial charge in [-0.25, -0.2) is 0 Å². The molecule has 2 heteroatoms. The van der Waals surface area contributed by atoms with Crippen molar-refractivity contribution in [3.63, 3.8) is 0 Å². The van der Waals surface area contributed by atoms with E-state index in [1.54, 1.807) is 0 Å². The van der Waals surface area contributed by atoms with E-state index in [1.165, 1.54) is 5.56 Å². The molecule has 1 aliphatic rings. The first-order valence-electron chi connectivity index (χ1n) is 3.32. The predicted molar refractivity (Wildman–Crippen MR) is 42.1 cm³/mol. The van der Waals surface area contributed by atoms with Gasteiger partial charge in [-0.2, -0.15) is 0 Å². The molecule has 2 rings (SSSR count). The zero-order valence-electron chi connectivity index (χ0n) is 5.47. The van der Waals surface area contributed by atoms with Crippen molar-refractivity contribution in [1.29, 1.82) is 0 Å². The Bertz CT molecular complexity index is 256. The van der Waals surface area contributed by atoms with Gasteiger partial charge in [-0.05, 0) is 23.6 Å². The first-order valence-corrected chi connectivity index (χ1v) is 3.69. The normalized spacial score (nSPS) is 21.6. The second-order valence-electron chi connectivity index (χ2n) is 2.62. The minimum absolute atomic E-state index is 0.184. The summed E-state index contributed by atoms with van der Waals surface area (Å²) in [6.45, 7) is 0. The van der Waals surface area contributed by atoms with Gasteiger partial charge in [-0.15, -0.1) is 0 Å². The second-order valence-corrected chi connectivity index (χ2v) is 3.03. The Morgan fingerprint density at radius 2 is 2.30 bits per heavy atom. The minimum Gasteiger partial charge on any atom is -0.324 e. The minimum atomic E-state index is 0.184. The Labute approximate surface area is 64.8 Å². The number of hydrogen-bond acceptors (Lipinski definition) is 1. The Morgan fingerprint density at radius 3 is 2.80 bits per heavy atom. The highest BCUT2D eigenvalue weighted by molar-refractivity contribution is 6.31. The van der Waals surface area contributed by atoms with Gasteiger partial charge in [0.1, 0.15) is 0 Å². The van der Waals surface area contributed by atoms with E-state index >= 15 is 0 Å². The molecule has 1 aromatic rings. The maximum Gasteiger partial charge on any atom is 0.0456 e. The van der Waals surface area contributed by atoms with Gasteiger partial charge in [0.05, 0.1) is 0 Å². The molecular formula is C8H8ClN. The molecule has 0 aromatic heterocycles. The molecule has 0 saturated heterocycles. The summed E-state index contributed by atoms with van der Waals surface area (Å²) in [6.07, 6.45) is 0.982. The van der Waals surface area contributed by atoms with Gasteiger partial charge in [0, 0.05) is 11.1 Å². The molecule has 1 aliphatic carbocycles. The third kappa shape index (κ3) is 0.678. The van der Waals surface area contributed by atoms with E-state index in [-0.39, 0.29) is 6.04 Å². The van der Waals surface area contributed by atoms with Crippen LogP contribution in [-0.4, -0.2) is 0 Å². The predicted octanol–water partition coefficient (Wildman–Crippen LogP) is 1.90. The lowest BCUT2D eigenvalue weighted by molar-refractivity contribution is 0.637. The topological polar surface area (TPSA) is 26.0 Å². The van der Waals surface area contributed by atoms with Crippen LogP contribution >= 0.6 is 11.6 Å². The van der Waals surface area contributed by atoms with Gasteiger partial charge in [0.25, 0.3) is 0 Å². The number of fused-ring (bicyclic) bond motifs is 1. The highest BCUT2D eigenvalue weighted by Crippen LogP contribution is 2.36. The highest BCUT2D eigenvalue weighted by Gasteiger charge is 2.24. The van der Waals surface area contributed by atoms with Crippen LogP contribution in [0.4, 0.5) is 0 Å². The van der Waals surface area contributed by atoms with E-state index < -0.39 is 0 Å². The van der Waals surface area contributed by atoms with Crippen molar-refractivity contribution in [3.05, 3.63) is 34.3 Å². The summed E-state index contributed by atoms with van der Waals surface area (Å²) in [5.41, 5.74) is 8.15. The molecule has 1 aromatic carbocycles. The van der Waals surface area contributed by atoms with Gasteiger partial charge < -0.3 is 5.73 Å². The zero-order valence-corrected chi connectivity index (χ0v) is 6.23. The molecule has 0 spiro atoms. The van der Waals surface area contributed by atoms with Gasteiger partial charge in [-0.1, -0.05) is 23.7 Å². The van der Waals surface area contributed by atoms with Gasteiger partial charge in [0.15, 0.2) is 0 Å². The molecule has 0 amide bonds. The number of rotatable bonds is 0. The average Bonchev–Trinajstić information content (AvgIpc) is 1.85. The van der Waals surface area contributed by atoms with Crippen LogP contribution in [0.2, 0.25) is 5.02 Å². The fourth-order valence-electron chi connectivity index (χ4n) is 1.38. The van der Waals surface area contributed by atoms with Crippen molar-refractivity contribution in [1.82, 2.24) is 0 Å². The molecule has 0 fully saturated rings. The lowest BCUT2D eigenvalue weighted by Crippen LogP contribution is -2.24. The Balaban J connectivity index is 2.58. The SMILES string of the molecule is NC1Cc2cccc(Cl)c21. The third-order valence-corrected chi connectivity index (χ3v) is 2.28. The summed E-state index contributed by atoms with van der Waals surface area (Å²) in [5.74, 6) is 0. The molecule has 0 heterocycles. The monoisotopic (exact) mass is 153 g/mol. The molecule has 0 aliphatic heterocycles. The first-order chi connectivity index (χ1) is 4.79. The Hall–Kier alpha value is -0.530. The first kappa shape index (κ1) is 6.20. The number of nitrogens with two attached hydrogens (primary N) is 1. The Morgan fingerprint density at radius 1 is 1.50 bits per heavy atom. The molecule has 1 atom stereocenters. The van der Waals surface area contributed by atoms with Crippen LogP contribution < -0.4 is 5.73 Å². The summed E-state index contributed by atoms with van der Waals surface area (Å²) < 4.78 is 0. The average molecular weight is 154 g/mol. The van der Waals surface area contributed by atoms with Crippen LogP contribution in [0.1, 0.15) is 17.2 Å². The standard InChI is InChI=1S/C8H8ClN/c9-6-3-1-2-5-4-7(10)8(5)6/h1-3,7H,4,10H2. The Kier molecular flexibility index (Phi) is 1.22. The summed E-state index contributed by atoms with van der Waals surface area (Å²) in [4.78, 5) is 0. The van der Waals surface area contributed by atoms with Crippen LogP contribution in [0, 0.1) is 0 Å². The van der Waals surface area contributed by atoms with Gasteiger partial charge in [0.2, 0.25) is 0 Å². The van der Waals surface area contributed by atoms with Crippen LogP contribution in [-0.2, 0) is 6.42 Å². The van der Waals surface area contributed by atoms with E-state index in [1.807, 2.05) is 12.1 Å². The molecule has 10 heavy (non-hydrogen) atoms. The fraction of sp³-hybridized carbons (Fsp3) is 0.250. The van der Waals surface area contributed by atoms with E-state index in [4.69, 9.17) is 17.3 Å². The van der Waals surface area contributed by atoms with Crippen molar-refractivity contribution in [3.8, 4) is 0 Å².